The minimum atomic E-state index is -1.27. The molecule has 5 heteroatoms. The van der Waals surface area contributed by atoms with Gasteiger partial charge >= 0.3 is 5.97 Å². The van der Waals surface area contributed by atoms with Gasteiger partial charge < -0.3 is 19.7 Å². The number of benzene rings is 5. The van der Waals surface area contributed by atoms with Crippen molar-refractivity contribution in [2.24, 2.45) is 0 Å². The van der Waals surface area contributed by atoms with Gasteiger partial charge in [-0.3, -0.25) is 0 Å². The minimum absolute atomic E-state index is 0.0602. The van der Waals surface area contributed by atoms with Crippen LogP contribution in [0.25, 0.3) is 21.5 Å². The van der Waals surface area contributed by atoms with Crippen LogP contribution in [0.1, 0.15) is 27.0 Å². The highest BCUT2D eigenvalue weighted by Gasteiger charge is 2.54. The molecule has 7 rings (SSSR count). The Bertz CT molecular complexity index is 1580. The first kappa shape index (κ1) is 18.1. The summed E-state index contributed by atoms with van der Waals surface area (Å²) in [6, 6.07) is 25.3. The van der Waals surface area contributed by atoms with Gasteiger partial charge in [0.1, 0.15) is 23.0 Å². The van der Waals surface area contributed by atoms with Crippen molar-refractivity contribution >= 4 is 27.5 Å². The van der Waals surface area contributed by atoms with Crippen LogP contribution in [0.15, 0.2) is 84.9 Å². The fourth-order valence-electron chi connectivity index (χ4n) is 5.29. The van der Waals surface area contributed by atoms with E-state index in [1.54, 1.807) is 36.4 Å². The van der Waals surface area contributed by atoms with Crippen molar-refractivity contribution in [3.63, 3.8) is 0 Å². The summed E-state index contributed by atoms with van der Waals surface area (Å²) >= 11 is 0. The van der Waals surface area contributed by atoms with Crippen LogP contribution in [0.5, 0.6) is 23.0 Å². The van der Waals surface area contributed by atoms with Crippen LogP contribution in [0.2, 0.25) is 0 Å². The first-order valence-corrected chi connectivity index (χ1v) is 10.6. The molecule has 2 heterocycles. The van der Waals surface area contributed by atoms with Crippen molar-refractivity contribution in [2.75, 3.05) is 0 Å². The van der Waals surface area contributed by atoms with Crippen molar-refractivity contribution < 1.29 is 24.5 Å². The van der Waals surface area contributed by atoms with Gasteiger partial charge in [0.15, 0.2) is 5.60 Å². The third-order valence-corrected chi connectivity index (χ3v) is 6.69. The molecule has 5 aromatic carbocycles. The Morgan fingerprint density at radius 2 is 1.18 bits per heavy atom. The fourth-order valence-corrected chi connectivity index (χ4v) is 5.29. The van der Waals surface area contributed by atoms with Gasteiger partial charge in [-0.25, -0.2) is 4.79 Å². The Kier molecular flexibility index (Phi) is 3.32. The van der Waals surface area contributed by atoms with E-state index in [-0.39, 0.29) is 11.5 Å². The van der Waals surface area contributed by atoms with Crippen molar-refractivity contribution in [1.29, 1.82) is 0 Å². The molecule has 0 unspecified atom stereocenters. The molecule has 33 heavy (non-hydrogen) atoms. The summed E-state index contributed by atoms with van der Waals surface area (Å²) in [4.78, 5) is 13.1. The molecular formula is C28H16O5. The van der Waals surface area contributed by atoms with E-state index in [2.05, 4.69) is 0 Å². The van der Waals surface area contributed by atoms with Crippen molar-refractivity contribution in [3.8, 4) is 23.0 Å². The van der Waals surface area contributed by atoms with E-state index in [0.29, 0.717) is 44.5 Å². The summed E-state index contributed by atoms with van der Waals surface area (Å²) in [5.41, 5.74) is 1.15. The number of esters is 1. The molecule has 2 aliphatic heterocycles. The van der Waals surface area contributed by atoms with Gasteiger partial charge in [0.05, 0.1) is 16.3 Å². The topological polar surface area (TPSA) is 76.0 Å². The molecule has 0 amide bonds. The smallest absolute Gasteiger partial charge is 0.340 e. The Morgan fingerprint density at radius 3 is 1.79 bits per heavy atom. The number of aromatic hydroxyl groups is 2. The van der Waals surface area contributed by atoms with Gasteiger partial charge in [0.25, 0.3) is 0 Å². The highest BCUT2D eigenvalue weighted by atomic mass is 16.6. The van der Waals surface area contributed by atoms with E-state index < -0.39 is 11.6 Å². The first-order valence-electron chi connectivity index (χ1n) is 10.6. The number of ether oxygens (including phenoxy) is 2. The Labute approximate surface area is 188 Å². The number of rotatable bonds is 0. The van der Waals surface area contributed by atoms with E-state index in [0.717, 1.165) is 10.8 Å². The predicted octanol–water partition coefficient (Wildman–Crippen LogP) is 5.97. The second kappa shape index (κ2) is 6.04. The van der Waals surface area contributed by atoms with Gasteiger partial charge in [0, 0.05) is 16.7 Å². The number of fused-ring (bicyclic) bond motifs is 10. The molecule has 0 fully saturated rings. The molecular weight excluding hydrogens is 416 g/mol. The highest BCUT2D eigenvalue weighted by molar-refractivity contribution is 6.03. The largest absolute Gasteiger partial charge is 0.507 e. The molecule has 0 saturated carbocycles. The number of hydrogen-bond donors (Lipinski definition) is 2. The Hall–Kier alpha value is -4.51. The van der Waals surface area contributed by atoms with Crippen LogP contribution in [0, 0.1) is 0 Å². The summed E-state index contributed by atoms with van der Waals surface area (Å²) in [5.74, 6) is 0.492. The van der Waals surface area contributed by atoms with Gasteiger partial charge in [-0.15, -0.1) is 0 Å². The first-order chi connectivity index (χ1) is 16.1. The van der Waals surface area contributed by atoms with Crippen molar-refractivity contribution in [2.45, 2.75) is 5.60 Å². The SMILES string of the molecule is O=C1OC2(c3ccccc31)c1ccc3cccc(O)c3c1Oc1c2ccc2cccc(O)c12. The summed E-state index contributed by atoms with van der Waals surface area (Å²) in [7, 11) is 0. The second-order valence-electron chi connectivity index (χ2n) is 8.35. The van der Waals surface area contributed by atoms with E-state index in [1.807, 2.05) is 48.5 Å². The van der Waals surface area contributed by atoms with E-state index in [1.165, 1.54) is 0 Å². The molecule has 2 aliphatic rings. The number of carbonyl (C=O) groups is 1. The van der Waals surface area contributed by atoms with Crippen molar-refractivity contribution in [3.05, 3.63) is 107 Å². The molecule has 0 saturated heterocycles. The van der Waals surface area contributed by atoms with Crippen LogP contribution in [-0.4, -0.2) is 16.2 Å². The standard InChI is InChI=1S/C28H16O5/c29-21-9-3-5-15-11-13-19-25(23(15)21)32-26-20(14-12-16-6-4-10-22(30)24(16)26)28(19)18-8-2-1-7-17(18)27(31)33-28/h1-14,29-30H. The van der Waals surface area contributed by atoms with Crippen molar-refractivity contribution in [1.82, 2.24) is 0 Å². The van der Waals surface area contributed by atoms with Gasteiger partial charge in [-0.05, 0) is 41.1 Å². The summed E-state index contributed by atoms with van der Waals surface area (Å²) < 4.78 is 12.7. The van der Waals surface area contributed by atoms with Crippen LogP contribution < -0.4 is 4.74 Å². The molecule has 0 aromatic heterocycles. The molecule has 2 N–H and O–H groups in total. The van der Waals surface area contributed by atoms with E-state index in [9.17, 15) is 15.0 Å². The molecule has 1 spiro atoms. The molecule has 0 radical (unpaired) electrons. The second-order valence-corrected chi connectivity index (χ2v) is 8.35. The maximum atomic E-state index is 13.1. The molecule has 158 valence electrons. The Balaban J connectivity index is 1.71. The van der Waals surface area contributed by atoms with Crippen LogP contribution in [-0.2, 0) is 10.3 Å². The number of phenolic OH excluding ortho intramolecular Hbond substituents is 2. The number of phenols is 2. The number of hydrogen-bond acceptors (Lipinski definition) is 5. The maximum Gasteiger partial charge on any atom is 0.340 e. The monoisotopic (exact) mass is 432 g/mol. The van der Waals surface area contributed by atoms with Gasteiger partial charge in [-0.1, -0.05) is 54.6 Å². The fraction of sp³-hybridized carbons (Fsp3) is 0.0357. The zero-order valence-corrected chi connectivity index (χ0v) is 17.2. The lowest BCUT2D eigenvalue weighted by Gasteiger charge is -2.37. The lowest BCUT2D eigenvalue weighted by molar-refractivity contribution is 0.0226. The zero-order valence-electron chi connectivity index (χ0n) is 17.2. The minimum Gasteiger partial charge on any atom is -0.507 e. The van der Waals surface area contributed by atoms with Gasteiger partial charge in [-0.2, -0.15) is 0 Å². The molecule has 5 nitrogen and oxygen atoms in total. The van der Waals surface area contributed by atoms with E-state index in [4.69, 9.17) is 9.47 Å². The lowest BCUT2D eigenvalue weighted by atomic mass is 9.76. The van der Waals surface area contributed by atoms with Crippen LogP contribution in [0.3, 0.4) is 0 Å². The van der Waals surface area contributed by atoms with Crippen LogP contribution >= 0.6 is 0 Å². The molecule has 0 bridgehead atoms. The summed E-state index contributed by atoms with van der Waals surface area (Å²) in [6.07, 6.45) is 0. The zero-order chi connectivity index (χ0) is 22.3. The average molecular weight is 432 g/mol. The van der Waals surface area contributed by atoms with E-state index >= 15 is 0 Å². The normalized spacial score (nSPS) is 15.1. The van der Waals surface area contributed by atoms with Gasteiger partial charge in [0.2, 0.25) is 0 Å². The predicted molar refractivity (Wildman–Crippen MR) is 123 cm³/mol. The Morgan fingerprint density at radius 1 is 0.606 bits per heavy atom. The molecule has 5 aromatic rings. The third kappa shape index (κ3) is 2.13. The summed E-state index contributed by atoms with van der Waals surface area (Å²) in [5, 5.41) is 24.2. The third-order valence-electron chi connectivity index (χ3n) is 6.69. The number of carbonyl (C=O) groups excluding carboxylic acids is 1. The average Bonchev–Trinajstić information content (AvgIpc) is 3.12. The lowest BCUT2D eigenvalue weighted by Crippen LogP contribution is -2.33. The molecule has 0 aliphatic carbocycles. The highest BCUT2D eigenvalue weighted by Crippen LogP contribution is 2.60. The molecule has 0 atom stereocenters. The summed E-state index contributed by atoms with van der Waals surface area (Å²) in [6.45, 7) is 0. The quantitative estimate of drug-likeness (QED) is 0.295. The van der Waals surface area contributed by atoms with Crippen LogP contribution in [0.4, 0.5) is 0 Å². The maximum absolute atomic E-state index is 13.1.